The molecule has 2 N–H and O–H groups in total. The molecular formula is C18H27N5OS. The van der Waals surface area contributed by atoms with Crippen LogP contribution >= 0.6 is 11.3 Å². The number of hydrogen-bond donors (Lipinski definition) is 2. The molecule has 0 amide bonds. The lowest BCUT2D eigenvalue weighted by atomic mass is 10.1. The van der Waals surface area contributed by atoms with Crippen LogP contribution in [0.2, 0.25) is 0 Å². The van der Waals surface area contributed by atoms with E-state index in [2.05, 4.69) is 49.9 Å². The highest BCUT2D eigenvalue weighted by Crippen LogP contribution is 2.24. The Morgan fingerprint density at radius 3 is 2.80 bits per heavy atom. The SMILES string of the molecule is CCNC(=NCc1nc(C)c(C)o1)NC1CCN(c2cccs2)CC1. The molecule has 3 rings (SSSR count). The third kappa shape index (κ3) is 4.75. The lowest BCUT2D eigenvalue weighted by molar-refractivity contribution is 0.458. The lowest BCUT2D eigenvalue weighted by Gasteiger charge is -2.33. The Hall–Kier alpha value is -2.02. The van der Waals surface area contributed by atoms with Gasteiger partial charge in [-0.15, -0.1) is 11.3 Å². The Bertz CT molecular complexity index is 667. The smallest absolute Gasteiger partial charge is 0.216 e. The summed E-state index contributed by atoms with van der Waals surface area (Å²) >= 11 is 1.81. The van der Waals surface area contributed by atoms with Crippen molar-refractivity contribution in [3.63, 3.8) is 0 Å². The van der Waals surface area contributed by atoms with E-state index in [1.54, 1.807) is 0 Å². The summed E-state index contributed by atoms with van der Waals surface area (Å²) in [6.45, 7) is 9.42. The van der Waals surface area contributed by atoms with Gasteiger partial charge in [-0.3, -0.25) is 0 Å². The van der Waals surface area contributed by atoms with Gasteiger partial charge in [0.25, 0.3) is 0 Å². The van der Waals surface area contributed by atoms with Crippen molar-refractivity contribution in [1.29, 1.82) is 0 Å². The highest BCUT2D eigenvalue weighted by molar-refractivity contribution is 7.14. The van der Waals surface area contributed by atoms with Gasteiger partial charge in [0.05, 0.1) is 10.7 Å². The van der Waals surface area contributed by atoms with Gasteiger partial charge in [0.15, 0.2) is 5.96 Å². The molecule has 0 atom stereocenters. The van der Waals surface area contributed by atoms with Crippen molar-refractivity contribution >= 4 is 22.3 Å². The molecule has 1 aliphatic heterocycles. The second-order valence-corrected chi connectivity index (χ2v) is 7.23. The van der Waals surface area contributed by atoms with Gasteiger partial charge < -0.3 is 20.0 Å². The van der Waals surface area contributed by atoms with Crippen LogP contribution in [-0.4, -0.2) is 36.6 Å². The zero-order valence-electron chi connectivity index (χ0n) is 15.2. The second kappa shape index (κ2) is 8.38. The largest absolute Gasteiger partial charge is 0.444 e. The predicted molar refractivity (Wildman–Crippen MR) is 103 cm³/mol. The quantitative estimate of drug-likeness (QED) is 0.633. The van der Waals surface area contributed by atoms with Crippen LogP contribution in [0, 0.1) is 13.8 Å². The molecule has 0 unspecified atom stereocenters. The van der Waals surface area contributed by atoms with Crippen LogP contribution in [0.15, 0.2) is 26.9 Å². The third-order valence-electron chi connectivity index (χ3n) is 4.44. The molecule has 6 nitrogen and oxygen atoms in total. The number of aryl methyl sites for hydroxylation is 2. The summed E-state index contributed by atoms with van der Waals surface area (Å²) < 4.78 is 5.61. The van der Waals surface area contributed by atoms with Crippen molar-refractivity contribution < 1.29 is 4.42 Å². The van der Waals surface area contributed by atoms with E-state index in [4.69, 9.17) is 4.42 Å². The van der Waals surface area contributed by atoms with Gasteiger partial charge in [0, 0.05) is 25.7 Å². The van der Waals surface area contributed by atoms with Crippen LogP contribution in [0.1, 0.15) is 37.1 Å². The average Bonchev–Trinajstić information content (AvgIpc) is 3.24. The van der Waals surface area contributed by atoms with Crippen LogP contribution in [0.5, 0.6) is 0 Å². The Labute approximate surface area is 153 Å². The zero-order chi connectivity index (χ0) is 17.6. The lowest BCUT2D eigenvalue weighted by Crippen LogP contribution is -2.48. The van der Waals surface area contributed by atoms with Gasteiger partial charge in [0.1, 0.15) is 12.3 Å². The Kier molecular flexibility index (Phi) is 5.96. The van der Waals surface area contributed by atoms with Crippen molar-refractivity contribution in [3.8, 4) is 0 Å². The number of guanidine groups is 1. The number of thiophene rings is 1. The van der Waals surface area contributed by atoms with Crippen LogP contribution in [0.3, 0.4) is 0 Å². The number of aliphatic imine (C=N–C) groups is 1. The first-order valence-electron chi connectivity index (χ1n) is 8.92. The molecule has 3 heterocycles. The molecule has 0 saturated carbocycles. The summed E-state index contributed by atoms with van der Waals surface area (Å²) in [6.07, 6.45) is 2.22. The number of piperidine rings is 1. The van der Waals surface area contributed by atoms with E-state index in [9.17, 15) is 0 Å². The van der Waals surface area contributed by atoms with Gasteiger partial charge in [-0.25, -0.2) is 9.98 Å². The molecule has 0 aliphatic carbocycles. The minimum absolute atomic E-state index is 0.446. The first-order valence-corrected chi connectivity index (χ1v) is 9.80. The predicted octanol–water partition coefficient (Wildman–Crippen LogP) is 3.08. The summed E-state index contributed by atoms with van der Waals surface area (Å²) in [7, 11) is 0. The molecule has 1 saturated heterocycles. The fourth-order valence-corrected chi connectivity index (χ4v) is 3.75. The maximum Gasteiger partial charge on any atom is 0.216 e. The van der Waals surface area contributed by atoms with E-state index in [-0.39, 0.29) is 0 Å². The number of hydrogen-bond acceptors (Lipinski definition) is 5. The van der Waals surface area contributed by atoms with E-state index >= 15 is 0 Å². The Balaban J connectivity index is 1.54. The molecule has 0 aromatic carbocycles. The number of oxazole rings is 1. The number of aromatic nitrogens is 1. The molecule has 2 aromatic rings. The van der Waals surface area contributed by atoms with E-state index in [0.717, 1.165) is 49.9 Å². The van der Waals surface area contributed by atoms with E-state index in [1.165, 1.54) is 5.00 Å². The van der Waals surface area contributed by atoms with Crippen molar-refractivity contribution in [2.75, 3.05) is 24.5 Å². The highest BCUT2D eigenvalue weighted by atomic mass is 32.1. The van der Waals surface area contributed by atoms with Crippen molar-refractivity contribution in [3.05, 3.63) is 34.9 Å². The zero-order valence-corrected chi connectivity index (χ0v) is 16.0. The Morgan fingerprint density at radius 2 is 2.20 bits per heavy atom. The summed E-state index contributed by atoms with van der Waals surface area (Å²) in [5.74, 6) is 2.37. The first-order chi connectivity index (χ1) is 12.2. The molecular weight excluding hydrogens is 334 g/mol. The normalized spacial score (nSPS) is 16.3. The highest BCUT2D eigenvalue weighted by Gasteiger charge is 2.20. The van der Waals surface area contributed by atoms with Crippen LogP contribution in [0.4, 0.5) is 5.00 Å². The summed E-state index contributed by atoms with van der Waals surface area (Å²) in [5, 5.41) is 10.4. The molecule has 2 aromatic heterocycles. The summed E-state index contributed by atoms with van der Waals surface area (Å²) in [6, 6.07) is 4.76. The third-order valence-corrected chi connectivity index (χ3v) is 5.37. The average molecular weight is 362 g/mol. The van der Waals surface area contributed by atoms with Gasteiger partial charge in [-0.05, 0) is 51.1 Å². The van der Waals surface area contributed by atoms with E-state index in [1.807, 2.05) is 25.2 Å². The molecule has 25 heavy (non-hydrogen) atoms. The molecule has 1 fully saturated rings. The number of nitrogens with zero attached hydrogens (tertiary/aromatic N) is 3. The van der Waals surface area contributed by atoms with E-state index in [0.29, 0.717) is 18.5 Å². The molecule has 1 aliphatic rings. The summed E-state index contributed by atoms with van der Waals surface area (Å²) in [4.78, 5) is 11.5. The van der Waals surface area contributed by atoms with Gasteiger partial charge >= 0.3 is 0 Å². The van der Waals surface area contributed by atoms with Gasteiger partial charge in [0.2, 0.25) is 5.89 Å². The maximum absolute atomic E-state index is 5.61. The molecule has 0 radical (unpaired) electrons. The van der Waals surface area contributed by atoms with Crippen molar-refractivity contribution in [2.45, 2.75) is 46.2 Å². The fraction of sp³-hybridized carbons (Fsp3) is 0.556. The number of nitrogens with one attached hydrogen (secondary N) is 2. The van der Waals surface area contributed by atoms with Gasteiger partial charge in [-0.2, -0.15) is 0 Å². The first kappa shape index (κ1) is 17.8. The molecule has 0 bridgehead atoms. The number of rotatable bonds is 5. The second-order valence-electron chi connectivity index (χ2n) is 6.30. The van der Waals surface area contributed by atoms with Crippen LogP contribution < -0.4 is 15.5 Å². The topological polar surface area (TPSA) is 65.7 Å². The minimum Gasteiger partial charge on any atom is -0.444 e. The summed E-state index contributed by atoms with van der Waals surface area (Å²) in [5.41, 5.74) is 0.934. The fourth-order valence-electron chi connectivity index (χ4n) is 2.96. The maximum atomic E-state index is 5.61. The van der Waals surface area contributed by atoms with E-state index < -0.39 is 0 Å². The standard InChI is InChI=1S/C18H27N5OS/c1-4-19-18(20-12-16-21-13(2)14(3)24-16)22-15-7-9-23(10-8-15)17-6-5-11-25-17/h5-6,11,15H,4,7-10,12H2,1-3H3,(H2,19,20,22). The minimum atomic E-state index is 0.446. The molecule has 136 valence electrons. The van der Waals surface area contributed by atoms with Crippen LogP contribution in [0.25, 0.3) is 0 Å². The number of anilines is 1. The van der Waals surface area contributed by atoms with Gasteiger partial charge in [-0.1, -0.05) is 0 Å². The van der Waals surface area contributed by atoms with Crippen molar-refractivity contribution in [2.24, 2.45) is 4.99 Å². The monoisotopic (exact) mass is 361 g/mol. The molecule has 0 spiro atoms. The van der Waals surface area contributed by atoms with Crippen LogP contribution in [-0.2, 0) is 6.54 Å². The molecule has 7 heteroatoms. The van der Waals surface area contributed by atoms with Crippen molar-refractivity contribution in [1.82, 2.24) is 15.6 Å². The Morgan fingerprint density at radius 1 is 1.40 bits per heavy atom.